The third-order valence-electron chi connectivity index (χ3n) is 6.24. The summed E-state index contributed by atoms with van der Waals surface area (Å²) in [5.74, 6) is 0.301. The van der Waals surface area contributed by atoms with Gasteiger partial charge in [0.1, 0.15) is 6.54 Å². The molecule has 0 fully saturated rings. The zero-order chi connectivity index (χ0) is 23.4. The number of hydrogen-bond acceptors (Lipinski definition) is 6. The van der Waals surface area contributed by atoms with Crippen LogP contribution in [0.15, 0.2) is 57.2 Å². The number of hydrazone groups is 1. The summed E-state index contributed by atoms with van der Waals surface area (Å²) >= 11 is 0. The normalized spacial score (nSPS) is 15.7. The smallest absolute Gasteiger partial charge is 0.298 e. The number of benzene rings is 2. The lowest BCUT2D eigenvalue weighted by molar-refractivity contribution is -0.115. The van der Waals surface area contributed by atoms with Gasteiger partial charge in [-0.15, -0.1) is 0 Å². The Morgan fingerprint density at radius 1 is 1.09 bits per heavy atom. The molecular formula is C24H24N6O3. The topological polar surface area (TPSA) is 94.5 Å². The molecule has 1 atom stereocenters. The Hall–Kier alpha value is -4.01. The SMILES string of the molecule is CC(=O)CN1N=C(C)C(C)n2c1nc1c2c(=O)n(Cc2cccc3ccccc23)c(=O)n1C. The van der Waals surface area contributed by atoms with Gasteiger partial charge in [-0.1, -0.05) is 42.5 Å². The molecule has 0 saturated heterocycles. The van der Waals surface area contributed by atoms with Crippen LogP contribution in [-0.2, 0) is 18.4 Å². The van der Waals surface area contributed by atoms with Gasteiger partial charge in [-0.3, -0.25) is 23.3 Å². The van der Waals surface area contributed by atoms with E-state index in [-0.39, 0.29) is 30.6 Å². The van der Waals surface area contributed by atoms with Crippen molar-refractivity contribution in [3.8, 4) is 0 Å². The maximum absolute atomic E-state index is 13.7. The number of fused-ring (bicyclic) bond motifs is 4. The molecule has 1 unspecified atom stereocenters. The van der Waals surface area contributed by atoms with E-state index >= 15 is 0 Å². The lowest BCUT2D eigenvalue weighted by Crippen LogP contribution is -2.40. The van der Waals surface area contributed by atoms with Gasteiger partial charge in [-0.2, -0.15) is 10.1 Å². The first-order valence-corrected chi connectivity index (χ1v) is 10.8. The van der Waals surface area contributed by atoms with Gasteiger partial charge in [-0.25, -0.2) is 9.80 Å². The number of carbonyl (C=O) groups excluding carboxylic acids is 1. The molecule has 0 spiro atoms. The van der Waals surface area contributed by atoms with Gasteiger partial charge >= 0.3 is 5.69 Å². The number of carbonyl (C=O) groups is 1. The van der Waals surface area contributed by atoms with Crippen LogP contribution in [0.4, 0.5) is 5.95 Å². The third-order valence-corrected chi connectivity index (χ3v) is 6.24. The summed E-state index contributed by atoms with van der Waals surface area (Å²) < 4.78 is 4.42. The maximum Gasteiger partial charge on any atom is 0.332 e. The molecule has 2 aromatic heterocycles. The van der Waals surface area contributed by atoms with Crippen LogP contribution in [0.3, 0.4) is 0 Å². The zero-order valence-corrected chi connectivity index (χ0v) is 18.9. The summed E-state index contributed by atoms with van der Waals surface area (Å²) in [5.41, 5.74) is 1.37. The van der Waals surface area contributed by atoms with Crippen LogP contribution in [0.5, 0.6) is 0 Å². The second-order valence-electron chi connectivity index (χ2n) is 8.50. The van der Waals surface area contributed by atoms with Gasteiger partial charge in [0, 0.05) is 7.05 Å². The standard InChI is InChI=1S/C24H24N6O3/c1-14(31)12-29-23-25-21-20(30(23)16(3)15(2)26-29)22(32)28(24(33)27(21)4)13-18-10-7-9-17-8-5-6-11-19(17)18/h5-11,16H,12-13H2,1-4H3. The van der Waals surface area contributed by atoms with E-state index in [1.165, 1.54) is 21.1 Å². The highest BCUT2D eigenvalue weighted by molar-refractivity contribution is 5.92. The van der Waals surface area contributed by atoms with E-state index in [0.29, 0.717) is 11.5 Å². The molecular weight excluding hydrogens is 420 g/mol. The molecule has 0 amide bonds. The van der Waals surface area contributed by atoms with Gasteiger partial charge in [0.2, 0.25) is 5.95 Å². The predicted octanol–water partition coefficient (Wildman–Crippen LogP) is 2.44. The number of ketones is 1. The number of nitrogens with zero attached hydrogens (tertiary/aromatic N) is 6. The molecule has 1 aliphatic heterocycles. The Bertz CT molecular complexity index is 1580. The number of rotatable bonds is 4. The van der Waals surface area contributed by atoms with Crippen LogP contribution in [0.2, 0.25) is 0 Å². The molecule has 3 heterocycles. The lowest BCUT2D eigenvalue weighted by atomic mass is 10.0. The molecule has 2 aromatic carbocycles. The molecule has 168 valence electrons. The van der Waals surface area contributed by atoms with Crippen molar-refractivity contribution in [2.24, 2.45) is 12.1 Å². The lowest BCUT2D eigenvalue weighted by Gasteiger charge is -2.28. The first kappa shape index (κ1) is 20.9. The van der Waals surface area contributed by atoms with Crippen LogP contribution in [-0.4, -0.2) is 36.7 Å². The molecule has 0 N–H and O–H groups in total. The van der Waals surface area contributed by atoms with Crippen LogP contribution in [0.1, 0.15) is 32.4 Å². The number of hydrogen-bond donors (Lipinski definition) is 0. The van der Waals surface area contributed by atoms with Crippen molar-refractivity contribution < 1.29 is 4.79 Å². The van der Waals surface area contributed by atoms with Crippen LogP contribution >= 0.6 is 0 Å². The van der Waals surface area contributed by atoms with E-state index in [9.17, 15) is 14.4 Å². The van der Waals surface area contributed by atoms with Crippen molar-refractivity contribution in [3.63, 3.8) is 0 Å². The number of imidazole rings is 1. The van der Waals surface area contributed by atoms with Crippen molar-refractivity contribution in [1.29, 1.82) is 0 Å². The Labute approximate surface area is 189 Å². The fraction of sp³-hybridized carbons (Fsp3) is 0.292. The van der Waals surface area contributed by atoms with E-state index in [1.807, 2.05) is 56.3 Å². The Morgan fingerprint density at radius 2 is 1.82 bits per heavy atom. The van der Waals surface area contributed by atoms with Gasteiger partial charge < -0.3 is 0 Å². The highest BCUT2D eigenvalue weighted by Gasteiger charge is 2.31. The number of Topliss-reactive ketones (excluding diaryl/α,β-unsaturated/α-hetero) is 1. The second-order valence-corrected chi connectivity index (χ2v) is 8.50. The second kappa shape index (κ2) is 7.54. The van der Waals surface area contributed by atoms with Gasteiger partial charge in [0.05, 0.1) is 18.3 Å². The molecule has 0 bridgehead atoms. The average molecular weight is 444 g/mol. The van der Waals surface area contributed by atoms with Gasteiger partial charge in [-0.05, 0) is 37.1 Å². The molecule has 0 saturated carbocycles. The maximum atomic E-state index is 13.7. The highest BCUT2D eigenvalue weighted by atomic mass is 16.2. The number of aryl methyl sites for hydroxylation is 1. The quantitative estimate of drug-likeness (QED) is 0.482. The molecule has 0 radical (unpaired) electrons. The minimum atomic E-state index is -0.445. The first-order valence-electron chi connectivity index (χ1n) is 10.8. The summed E-state index contributed by atoms with van der Waals surface area (Å²) in [6.07, 6.45) is 0. The fourth-order valence-corrected chi connectivity index (χ4v) is 4.44. The Kier molecular flexibility index (Phi) is 4.77. The van der Waals surface area contributed by atoms with E-state index in [1.54, 1.807) is 11.6 Å². The third kappa shape index (κ3) is 3.19. The molecule has 9 heteroatoms. The molecule has 0 aliphatic carbocycles. The fourth-order valence-electron chi connectivity index (χ4n) is 4.44. The summed E-state index contributed by atoms with van der Waals surface area (Å²) in [6.45, 7) is 5.42. The largest absolute Gasteiger partial charge is 0.332 e. The van der Waals surface area contributed by atoms with Crippen LogP contribution in [0.25, 0.3) is 21.9 Å². The van der Waals surface area contributed by atoms with Crippen molar-refractivity contribution in [2.75, 3.05) is 11.6 Å². The van der Waals surface area contributed by atoms with Crippen molar-refractivity contribution in [2.45, 2.75) is 33.4 Å². The van der Waals surface area contributed by atoms with Crippen LogP contribution in [0, 0.1) is 0 Å². The monoisotopic (exact) mass is 444 g/mol. The van der Waals surface area contributed by atoms with Crippen molar-refractivity contribution in [3.05, 3.63) is 68.9 Å². The first-order chi connectivity index (χ1) is 15.8. The average Bonchev–Trinajstić information content (AvgIpc) is 3.20. The van der Waals surface area contributed by atoms with Crippen molar-refractivity contribution >= 4 is 39.4 Å². The minimum Gasteiger partial charge on any atom is -0.298 e. The summed E-state index contributed by atoms with van der Waals surface area (Å²) in [5, 5.41) is 8.03. The number of anilines is 1. The Balaban J connectivity index is 1.76. The van der Waals surface area contributed by atoms with Gasteiger partial charge in [0.25, 0.3) is 5.56 Å². The molecule has 33 heavy (non-hydrogen) atoms. The van der Waals surface area contributed by atoms with E-state index in [4.69, 9.17) is 0 Å². The Morgan fingerprint density at radius 3 is 2.58 bits per heavy atom. The zero-order valence-electron chi connectivity index (χ0n) is 18.9. The molecule has 4 aromatic rings. The predicted molar refractivity (Wildman–Crippen MR) is 128 cm³/mol. The molecule has 5 rings (SSSR count). The summed E-state index contributed by atoms with van der Waals surface area (Å²) in [7, 11) is 1.61. The number of aromatic nitrogens is 4. The van der Waals surface area contributed by atoms with E-state index in [2.05, 4.69) is 10.1 Å². The molecule has 9 nitrogen and oxygen atoms in total. The van der Waals surface area contributed by atoms with Crippen molar-refractivity contribution in [1.82, 2.24) is 18.7 Å². The summed E-state index contributed by atoms with van der Waals surface area (Å²) in [4.78, 5) is 43.3. The van der Waals surface area contributed by atoms with E-state index in [0.717, 1.165) is 22.0 Å². The summed E-state index contributed by atoms with van der Waals surface area (Å²) in [6, 6.07) is 13.5. The van der Waals surface area contributed by atoms with Crippen LogP contribution < -0.4 is 16.3 Å². The highest BCUT2D eigenvalue weighted by Crippen LogP contribution is 2.29. The van der Waals surface area contributed by atoms with E-state index < -0.39 is 11.2 Å². The minimum absolute atomic E-state index is 0.0333. The van der Waals surface area contributed by atoms with Gasteiger partial charge in [0.15, 0.2) is 16.9 Å². The molecule has 1 aliphatic rings.